The van der Waals surface area contributed by atoms with Crippen molar-refractivity contribution in [1.82, 2.24) is 5.32 Å². The van der Waals surface area contributed by atoms with Gasteiger partial charge in [0, 0.05) is 6.54 Å². The Bertz CT molecular complexity index is 975. The van der Waals surface area contributed by atoms with E-state index in [4.69, 9.17) is 14.2 Å². The summed E-state index contributed by atoms with van der Waals surface area (Å²) in [5.41, 5.74) is 1.22. The van der Waals surface area contributed by atoms with Gasteiger partial charge in [0.2, 0.25) is 0 Å². The average molecular weight is 419 g/mol. The molecule has 3 rings (SSSR count). The highest BCUT2D eigenvalue weighted by Crippen LogP contribution is 2.20. The van der Waals surface area contributed by atoms with Crippen LogP contribution in [0.25, 0.3) is 0 Å². The second-order valence-electron chi connectivity index (χ2n) is 6.76. The Balaban J connectivity index is 1.49. The first-order chi connectivity index (χ1) is 15.1. The van der Waals surface area contributed by atoms with Crippen molar-refractivity contribution in [3.63, 3.8) is 0 Å². The van der Waals surface area contributed by atoms with Crippen molar-refractivity contribution < 1.29 is 23.8 Å². The number of amides is 1. The maximum absolute atomic E-state index is 12.6. The zero-order valence-corrected chi connectivity index (χ0v) is 17.3. The molecule has 0 radical (unpaired) electrons. The molecule has 0 aliphatic carbocycles. The van der Waals surface area contributed by atoms with E-state index in [1.165, 1.54) is 6.92 Å². The molecule has 0 bridgehead atoms. The summed E-state index contributed by atoms with van der Waals surface area (Å²) >= 11 is 0. The van der Waals surface area contributed by atoms with Gasteiger partial charge in [-0.3, -0.25) is 4.79 Å². The number of hydrogen-bond donors (Lipinski definition) is 1. The molecule has 0 heterocycles. The summed E-state index contributed by atoms with van der Waals surface area (Å²) in [7, 11) is 0. The summed E-state index contributed by atoms with van der Waals surface area (Å²) < 4.78 is 16.6. The lowest BCUT2D eigenvalue weighted by atomic mass is 10.2. The van der Waals surface area contributed by atoms with Crippen molar-refractivity contribution >= 4 is 11.9 Å². The number of rotatable bonds is 10. The van der Waals surface area contributed by atoms with E-state index in [1.807, 2.05) is 60.7 Å². The minimum Gasteiger partial charge on any atom is -0.490 e. The fourth-order valence-electron chi connectivity index (χ4n) is 2.80. The predicted octanol–water partition coefficient (Wildman–Crippen LogP) is 4.01. The van der Waals surface area contributed by atoms with Crippen LogP contribution in [0.4, 0.5) is 0 Å². The third-order valence-corrected chi connectivity index (χ3v) is 4.42. The molecule has 6 heteroatoms. The van der Waals surface area contributed by atoms with Gasteiger partial charge in [-0.25, -0.2) is 4.79 Å². The van der Waals surface area contributed by atoms with E-state index in [9.17, 15) is 9.59 Å². The minimum absolute atomic E-state index is 0.255. The number of nitrogens with one attached hydrogen (secondary N) is 1. The van der Waals surface area contributed by atoms with Gasteiger partial charge < -0.3 is 19.5 Å². The van der Waals surface area contributed by atoms with E-state index in [0.717, 1.165) is 11.3 Å². The Morgan fingerprint density at radius 1 is 0.806 bits per heavy atom. The molecule has 0 aliphatic heterocycles. The van der Waals surface area contributed by atoms with Gasteiger partial charge in [-0.2, -0.15) is 0 Å². The zero-order valence-electron chi connectivity index (χ0n) is 17.3. The first-order valence-corrected chi connectivity index (χ1v) is 10.1. The van der Waals surface area contributed by atoms with Gasteiger partial charge in [-0.15, -0.1) is 0 Å². The summed E-state index contributed by atoms with van der Waals surface area (Å²) in [5.74, 6) is 0.129. The molecule has 3 aromatic carbocycles. The molecule has 3 aromatic rings. The van der Waals surface area contributed by atoms with Crippen LogP contribution in [0.5, 0.6) is 11.5 Å². The molecular formula is C25H25NO5. The van der Waals surface area contributed by atoms with Crippen LogP contribution in [0.15, 0.2) is 84.9 Å². The summed E-state index contributed by atoms with van der Waals surface area (Å²) in [6.45, 7) is 2.48. The molecule has 0 saturated heterocycles. The van der Waals surface area contributed by atoms with Gasteiger partial charge in [0.25, 0.3) is 5.91 Å². The van der Waals surface area contributed by atoms with Crippen LogP contribution in [0.3, 0.4) is 0 Å². The number of esters is 1. The van der Waals surface area contributed by atoms with Gasteiger partial charge in [-0.1, -0.05) is 60.7 Å². The van der Waals surface area contributed by atoms with Crippen molar-refractivity contribution in [1.29, 1.82) is 0 Å². The molecule has 1 amide bonds. The lowest BCUT2D eigenvalue weighted by Gasteiger charge is -2.15. The number of benzene rings is 3. The fraction of sp³-hybridized carbons (Fsp3) is 0.200. The molecular weight excluding hydrogens is 394 g/mol. The van der Waals surface area contributed by atoms with E-state index in [1.54, 1.807) is 24.3 Å². The Morgan fingerprint density at radius 2 is 1.42 bits per heavy atom. The van der Waals surface area contributed by atoms with E-state index in [-0.39, 0.29) is 18.1 Å². The van der Waals surface area contributed by atoms with Crippen LogP contribution in [0, 0.1) is 0 Å². The summed E-state index contributed by atoms with van der Waals surface area (Å²) in [6, 6.07) is 25.7. The molecule has 0 fully saturated rings. The summed E-state index contributed by atoms with van der Waals surface area (Å²) in [6.07, 6.45) is -0.939. The van der Waals surface area contributed by atoms with Gasteiger partial charge in [0.15, 0.2) is 6.10 Å². The van der Waals surface area contributed by atoms with Crippen LogP contribution >= 0.6 is 0 Å². The Kier molecular flexibility index (Phi) is 8.05. The number of para-hydroxylation sites is 2. The first kappa shape index (κ1) is 21.9. The number of ether oxygens (including phenoxy) is 3. The maximum Gasteiger partial charge on any atom is 0.342 e. The summed E-state index contributed by atoms with van der Waals surface area (Å²) in [5, 5.41) is 2.76. The quantitative estimate of drug-likeness (QED) is 0.397. The molecule has 6 nitrogen and oxygen atoms in total. The van der Waals surface area contributed by atoms with E-state index >= 15 is 0 Å². The maximum atomic E-state index is 12.6. The topological polar surface area (TPSA) is 73.9 Å². The average Bonchev–Trinajstić information content (AvgIpc) is 2.81. The van der Waals surface area contributed by atoms with E-state index < -0.39 is 12.1 Å². The highest BCUT2D eigenvalue weighted by Gasteiger charge is 2.21. The molecule has 0 unspecified atom stereocenters. The Labute approximate surface area is 181 Å². The van der Waals surface area contributed by atoms with Crippen molar-refractivity contribution in [2.75, 3.05) is 13.2 Å². The SMILES string of the molecule is C[C@@H](OC(=O)c1ccccc1OCCOc1ccccc1)C(=O)NCc1ccccc1. The van der Waals surface area contributed by atoms with Gasteiger partial charge in [-0.05, 0) is 36.8 Å². The largest absolute Gasteiger partial charge is 0.490 e. The monoisotopic (exact) mass is 419 g/mol. The lowest BCUT2D eigenvalue weighted by molar-refractivity contribution is -0.129. The predicted molar refractivity (Wildman–Crippen MR) is 117 cm³/mol. The third kappa shape index (κ3) is 6.89. The van der Waals surface area contributed by atoms with Crippen LogP contribution < -0.4 is 14.8 Å². The van der Waals surface area contributed by atoms with Crippen LogP contribution in [-0.4, -0.2) is 31.2 Å². The number of carbonyl (C=O) groups is 2. The standard InChI is InChI=1S/C25H25NO5/c1-19(24(27)26-18-20-10-4-2-5-11-20)31-25(28)22-14-8-9-15-23(22)30-17-16-29-21-12-6-3-7-13-21/h2-15,19H,16-18H2,1H3,(H,26,27)/t19-/m1/s1. The molecule has 31 heavy (non-hydrogen) atoms. The lowest BCUT2D eigenvalue weighted by Crippen LogP contribution is -2.35. The van der Waals surface area contributed by atoms with E-state index in [0.29, 0.717) is 18.9 Å². The molecule has 0 aromatic heterocycles. The smallest absolute Gasteiger partial charge is 0.342 e. The second kappa shape index (κ2) is 11.4. The van der Waals surface area contributed by atoms with Crippen molar-refractivity contribution in [3.8, 4) is 11.5 Å². The van der Waals surface area contributed by atoms with Gasteiger partial charge in [0.1, 0.15) is 30.3 Å². The molecule has 1 N–H and O–H groups in total. The zero-order chi connectivity index (χ0) is 21.9. The van der Waals surface area contributed by atoms with Crippen LogP contribution in [-0.2, 0) is 16.1 Å². The van der Waals surface area contributed by atoms with Gasteiger partial charge >= 0.3 is 5.97 Å². The van der Waals surface area contributed by atoms with Crippen molar-refractivity contribution in [2.24, 2.45) is 0 Å². The van der Waals surface area contributed by atoms with Crippen LogP contribution in [0.1, 0.15) is 22.8 Å². The Morgan fingerprint density at radius 3 is 2.16 bits per heavy atom. The third-order valence-electron chi connectivity index (χ3n) is 4.42. The molecule has 0 saturated carbocycles. The molecule has 1 atom stereocenters. The molecule has 0 aliphatic rings. The molecule has 0 spiro atoms. The minimum atomic E-state index is -0.939. The highest BCUT2D eigenvalue weighted by atomic mass is 16.6. The first-order valence-electron chi connectivity index (χ1n) is 10.1. The number of carbonyl (C=O) groups excluding carboxylic acids is 2. The normalized spacial score (nSPS) is 11.3. The fourth-order valence-corrected chi connectivity index (χ4v) is 2.80. The number of hydrogen-bond acceptors (Lipinski definition) is 5. The van der Waals surface area contributed by atoms with Gasteiger partial charge in [0.05, 0.1) is 0 Å². The van der Waals surface area contributed by atoms with E-state index in [2.05, 4.69) is 5.32 Å². The van der Waals surface area contributed by atoms with Crippen molar-refractivity contribution in [2.45, 2.75) is 19.6 Å². The molecule has 160 valence electrons. The second-order valence-corrected chi connectivity index (χ2v) is 6.76. The Hall–Kier alpha value is -3.80. The summed E-state index contributed by atoms with van der Waals surface area (Å²) in [4.78, 5) is 24.9. The van der Waals surface area contributed by atoms with Crippen LogP contribution in [0.2, 0.25) is 0 Å². The van der Waals surface area contributed by atoms with Crippen molar-refractivity contribution in [3.05, 3.63) is 96.1 Å². The highest BCUT2D eigenvalue weighted by molar-refractivity contribution is 5.94.